The van der Waals surface area contributed by atoms with E-state index in [4.69, 9.17) is 9.26 Å². The molecule has 2 aromatic heterocycles. The van der Waals surface area contributed by atoms with E-state index >= 15 is 0 Å². The molecule has 2 aromatic rings. The van der Waals surface area contributed by atoms with Gasteiger partial charge in [-0.05, 0) is 32.5 Å². The van der Waals surface area contributed by atoms with Crippen LogP contribution in [0.3, 0.4) is 0 Å². The van der Waals surface area contributed by atoms with Crippen molar-refractivity contribution < 1.29 is 9.26 Å². The maximum atomic E-state index is 5.93. The van der Waals surface area contributed by atoms with E-state index < -0.39 is 0 Å². The van der Waals surface area contributed by atoms with Crippen molar-refractivity contribution in [3.05, 3.63) is 24.2 Å². The fourth-order valence-electron chi connectivity index (χ4n) is 3.46. The lowest BCUT2D eigenvalue weighted by Gasteiger charge is -2.46. The molecule has 4 rings (SSSR count). The number of rotatable bonds is 2. The van der Waals surface area contributed by atoms with Crippen LogP contribution >= 0.6 is 0 Å². The van der Waals surface area contributed by atoms with Gasteiger partial charge in [0.15, 0.2) is 5.82 Å². The van der Waals surface area contributed by atoms with Gasteiger partial charge in [-0.2, -0.15) is 4.98 Å². The molecule has 0 aromatic carbocycles. The third-order valence-electron chi connectivity index (χ3n) is 4.71. The van der Waals surface area contributed by atoms with Crippen LogP contribution in [-0.2, 0) is 4.74 Å². The average Bonchev–Trinajstić information content (AvgIpc) is 3.01. The number of ether oxygens (including phenoxy) is 1. The van der Waals surface area contributed by atoms with E-state index in [1.165, 1.54) is 0 Å². The summed E-state index contributed by atoms with van der Waals surface area (Å²) in [6.45, 7) is 5.45. The second-order valence-electron chi connectivity index (χ2n) is 6.21. The van der Waals surface area contributed by atoms with Gasteiger partial charge in [0.25, 0.3) is 5.89 Å². The third kappa shape index (κ3) is 2.70. The fourth-order valence-corrected chi connectivity index (χ4v) is 3.46. The van der Waals surface area contributed by atoms with Crippen LogP contribution in [0.25, 0.3) is 11.5 Å². The Balaban J connectivity index is 1.63. The van der Waals surface area contributed by atoms with Crippen molar-refractivity contribution in [2.24, 2.45) is 0 Å². The van der Waals surface area contributed by atoms with Crippen molar-refractivity contribution in [2.75, 3.05) is 38.2 Å². The van der Waals surface area contributed by atoms with Crippen LogP contribution < -0.4 is 4.90 Å². The van der Waals surface area contributed by atoms with Crippen molar-refractivity contribution in [1.29, 1.82) is 0 Å². The highest BCUT2D eigenvalue weighted by Crippen LogP contribution is 2.31. The number of hydrogen-bond donors (Lipinski definition) is 0. The van der Waals surface area contributed by atoms with E-state index in [1.54, 1.807) is 0 Å². The van der Waals surface area contributed by atoms with Gasteiger partial charge in [-0.3, -0.25) is 4.90 Å². The summed E-state index contributed by atoms with van der Waals surface area (Å²) >= 11 is 0. The van der Waals surface area contributed by atoms with Crippen LogP contribution in [0.2, 0.25) is 0 Å². The quantitative estimate of drug-likeness (QED) is 0.828. The number of nitrogens with zero attached hydrogens (tertiary/aromatic N) is 5. The highest BCUT2D eigenvalue weighted by Gasteiger charge is 2.36. The summed E-state index contributed by atoms with van der Waals surface area (Å²) in [5, 5.41) is 3.90. The third-order valence-corrected chi connectivity index (χ3v) is 4.71. The summed E-state index contributed by atoms with van der Waals surface area (Å²) in [6.07, 6.45) is 3.14. The van der Waals surface area contributed by atoms with Gasteiger partial charge in [0.1, 0.15) is 5.82 Å². The van der Waals surface area contributed by atoms with Crippen LogP contribution in [0.1, 0.15) is 12.2 Å². The molecule has 0 saturated carbocycles. The Morgan fingerprint density at radius 3 is 3.04 bits per heavy atom. The van der Waals surface area contributed by atoms with Crippen LogP contribution in [0.5, 0.6) is 0 Å². The smallest absolute Gasteiger partial charge is 0.261 e. The Labute approximate surface area is 135 Å². The number of fused-ring (bicyclic) bond motifs is 1. The highest BCUT2D eigenvalue weighted by molar-refractivity contribution is 5.69. The molecule has 2 atom stereocenters. The molecule has 2 aliphatic rings. The van der Waals surface area contributed by atoms with Gasteiger partial charge in [-0.1, -0.05) is 5.16 Å². The molecule has 0 unspecified atom stereocenters. The fraction of sp³-hybridized carbons (Fsp3) is 0.562. The molecular formula is C16H21N5O2. The molecule has 2 saturated heterocycles. The SMILES string of the molecule is Cc1noc(-c2cccnc2N2CC[C@@H]3OCCN(C)[C@H]3C2)n1. The Kier molecular flexibility index (Phi) is 3.74. The van der Waals surface area contributed by atoms with E-state index in [0.29, 0.717) is 23.9 Å². The number of morpholine rings is 1. The zero-order chi connectivity index (χ0) is 15.8. The average molecular weight is 315 g/mol. The largest absolute Gasteiger partial charge is 0.375 e. The Hall–Kier alpha value is -1.99. The number of hydrogen-bond acceptors (Lipinski definition) is 7. The molecule has 0 N–H and O–H groups in total. The highest BCUT2D eigenvalue weighted by atomic mass is 16.5. The lowest BCUT2D eigenvalue weighted by Crippen LogP contribution is -2.59. The Morgan fingerprint density at radius 2 is 2.22 bits per heavy atom. The zero-order valence-corrected chi connectivity index (χ0v) is 13.5. The minimum Gasteiger partial charge on any atom is -0.375 e. The molecule has 7 heteroatoms. The van der Waals surface area contributed by atoms with Gasteiger partial charge >= 0.3 is 0 Å². The minimum absolute atomic E-state index is 0.322. The number of aryl methyl sites for hydroxylation is 1. The summed E-state index contributed by atoms with van der Waals surface area (Å²) in [7, 11) is 2.17. The van der Waals surface area contributed by atoms with Gasteiger partial charge in [-0.15, -0.1) is 0 Å². The van der Waals surface area contributed by atoms with Gasteiger partial charge < -0.3 is 14.2 Å². The van der Waals surface area contributed by atoms with Gasteiger partial charge in [0, 0.05) is 25.8 Å². The molecular weight excluding hydrogens is 294 g/mol. The summed E-state index contributed by atoms with van der Waals surface area (Å²) in [5.74, 6) is 2.07. The Bertz CT molecular complexity index is 689. The Morgan fingerprint density at radius 1 is 1.30 bits per heavy atom. The van der Waals surface area contributed by atoms with Crippen molar-refractivity contribution in [1.82, 2.24) is 20.0 Å². The number of aromatic nitrogens is 3. The lowest BCUT2D eigenvalue weighted by molar-refractivity contribution is -0.0687. The first-order chi connectivity index (χ1) is 11.2. The van der Waals surface area contributed by atoms with Gasteiger partial charge in [0.05, 0.1) is 24.3 Å². The molecule has 0 aliphatic carbocycles. The maximum absolute atomic E-state index is 5.93. The molecule has 2 aliphatic heterocycles. The number of anilines is 1. The molecule has 0 amide bonds. The minimum atomic E-state index is 0.322. The molecule has 0 radical (unpaired) electrons. The topological polar surface area (TPSA) is 67.5 Å². The van der Waals surface area contributed by atoms with Gasteiger partial charge in [-0.25, -0.2) is 4.98 Å². The first-order valence-corrected chi connectivity index (χ1v) is 8.05. The van der Waals surface area contributed by atoms with Crippen LogP contribution in [0.4, 0.5) is 5.82 Å². The number of pyridine rings is 1. The predicted molar refractivity (Wildman–Crippen MR) is 85.3 cm³/mol. The van der Waals surface area contributed by atoms with E-state index in [1.807, 2.05) is 25.3 Å². The summed E-state index contributed by atoms with van der Waals surface area (Å²) in [4.78, 5) is 13.6. The first-order valence-electron chi connectivity index (χ1n) is 8.05. The summed E-state index contributed by atoms with van der Waals surface area (Å²) in [6, 6.07) is 4.29. The van der Waals surface area contributed by atoms with E-state index in [0.717, 1.165) is 44.0 Å². The maximum Gasteiger partial charge on any atom is 0.261 e. The second-order valence-corrected chi connectivity index (χ2v) is 6.21. The summed E-state index contributed by atoms with van der Waals surface area (Å²) in [5.41, 5.74) is 0.894. The molecule has 0 bridgehead atoms. The zero-order valence-electron chi connectivity index (χ0n) is 13.5. The van der Waals surface area contributed by atoms with E-state index in [-0.39, 0.29) is 0 Å². The van der Waals surface area contributed by atoms with Gasteiger partial charge in [0.2, 0.25) is 0 Å². The lowest BCUT2D eigenvalue weighted by atomic mass is 9.99. The van der Waals surface area contributed by atoms with Crippen molar-refractivity contribution in [3.63, 3.8) is 0 Å². The van der Waals surface area contributed by atoms with Crippen LogP contribution in [0.15, 0.2) is 22.9 Å². The monoisotopic (exact) mass is 315 g/mol. The second kappa shape index (κ2) is 5.90. The van der Waals surface area contributed by atoms with E-state index in [2.05, 4.69) is 32.0 Å². The standard InChI is InChI=1S/C16H21N5O2/c1-11-18-16(23-19-11)12-4-3-6-17-15(12)21-7-5-14-13(10-21)20(2)8-9-22-14/h3-4,6,13-14H,5,7-10H2,1-2H3/t13-,14-/m0/s1. The van der Waals surface area contributed by atoms with Crippen molar-refractivity contribution in [2.45, 2.75) is 25.5 Å². The number of piperidine rings is 1. The van der Waals surface area contributed by atoms with E-state index in [9.17, 15) is 0 Å². The molecule has 0 spiro atoms. The van der Waals surface area contributed by atoms with Crippen LogP contribution in [0, 0.1) is 6.92 Å². The molecule has 7 nitrogen and oxygen atoms in total. The summed E-state index contributed by atoms with van der Waals surface area (Å²) < 4.78 is 11.3. The molecule has 23 heavy (non-hydrogen) atoms. The first kappa shape index (κ1) is 14.6. The normalized spacial score (nSPS) is 25.4. The molecule has 2 fully saturated rings. The van der Waals surface area contributed by atoms with Crippen LogP contribution in [-0.4, -0.2) is 65.5 Å². The molecule has 4 heterocycles. The predicted octanol–water partition coefficient (Wildman–Crippen LogP) is 1.35. The van der Waals surface area contributed by atoms with Crippen molar-refractivity contribution in [3.8, 4) is 11.5 Å². The van der Waals surface area contributed by atoms with Crippen molar-refractivity contribution >= 4 is 5.82 Å². The molecule has 122 valence electrons. The number of likely N-dealkylation sites (N-methyl/N-ethyl adjacent to an activating group) is 1.